The number of thioether (sulfide) groups is 1. The summed E-state index contributed by atoms with van der Waals surface area (Å²) in [7, 11) is 0. The molecule has 0 rings (SSSR count). The van der Waals surface area contributed by atoms with E-state index in [1.807, 2.05) is 11.8 Å². The molecule has 3 heteroatoms. The van der Waals surface area contributed by atoms with E-state index in [0.717, 1.165) is 25.6 Å². The van der Waals surface area contributed by atoms with Gasteiger partial charge in [-0.1, -0.05) is 6.92 Å². The molecule has 0 aliphatic rings. The molecule has 1 unspecified atom stereocenters. The SMILES string of the molecule is CSCC(C)CNCCOC(C)(C)C. The molecule has 0 heterocycles. The van der Waals surface area contributed by atoms with Crippen LogP contribution >= 0.6 is 11.8 Å². The maximum Gasteiger partial charge on any atom is 0.0599 e. The minimum Gasteiger partial charge on any atom is -0.375 e. The molecular formula is C11H25NOS. The molecule has 1 N–H and O–H groups in total. The van der Waals surface area contributed by atoms with Gasteiger partial charge >= 0.3 is 0 Å². The van der Waals surface area contributed by atoms with Crippen molar-refractivity contribution >= 4 is 11.8 Å². The van der Waals surface area contributed by atoms with Crippen LogP contribution in [0.3, 0.4) is 0 Å². The van der Waals surface area contributed by atoms with Crippen LogP contribution in [0.4, 0.5) is 0 Å². The number of ether oxygens (including phenoxy) is 1. The fourth-order valence-corrected chi connectivity index (χ4v) is 1.81. The predicted molar refractivity (Wildman–Crippen MR) is 66.1 cm³/mol. The van der Waals surface area contributed by atoms with E-state index in [0.29, 0.717) is 0 Å². The van der Waals surface area contributed by atoms with Gasteiger partial charge in [-0.05, 0) is 45.2 Å². The quantitative estimate of drug-likeness (QED) is 0.664. The molecule has 0 saturated heterocycles. The van der Waals surface area contributed by atoms with Crippen LogP contribution in [0, 0.1) is 5.92 Å². The average molecular weight is 219 g/mol. The first-order valence-electron chi connectivity index (χ1n) is 5.29. The van der Waals surface area contributed by atoms with Crippen LogP contribution in [-0.4, -0.2) is 37.3 Å². The summed E-state index contributed by atoms with van der Waals surface area (Å²) >= 11 is 1.91. The summed E-state index contributed by atoms with van der Waals surface area (Å²) in [6, 6.07) is 0. The molecule has 86 valence electrons. The first-order valence-corrected chi connectivity index (χ1v) is 6.68. The van der Waals surface area contributed by atoms with Gasteiger partial charge in [-0.2, -0.15) is 11.8 Å². The number of rotatable bonds is 7. The van der Waals surface area contributed by atoms with Crippen molar-refractivity contribution in [3.8, 4) is 0 Å². The van der Waals surface area contributed by atoms with Crippen molar-refractivity contribution in [3.05, 3.63) is 0 Å². The molecule has 0 aromatic rings. The van der Waals surface area contributed by atoms with Gasteiger partial charge in [0.25, 0.3) is 0 Å². The summed E-state index contributed by atoms with van der Waals surface area (Å²) in [5.74, 6) is 1.98. The van der Waals surface area contributed by atoms with Crippen molar-refractivity contribution in [1.82, 2.24) is 5.32 Å². The van der Waals surface area contributed by atoms with Crippen molar-refractivity contribution in [2.45, 2.75) is 33.3 Å². The lowest BCUT2D eigenvalue weighted by Gasteiger charge is -2.20. The van der Waals surface area contributed by atoms with Gasteiger partial charge in [-0.25, -0.2) is 0 Å². The van der Waals surface area contributed by atoms with Crippen molar-refractivity contribution < 1.29 is 4.74 Å². The van der Waals surface area contributed by atoms with Crippen molar-refractivity contribution in [3.63, 3.8) is 0 Å². The summed E-state index contributed by atoms with van der Waals surface area (Å²) in [6.07, 6.45) is 2.15. The molecule has 2 nitrogen and oxygen atoms in total. The Morgan fingerprint density at radius 2 is 2.00 bits per heavy atom. The third-order valence-corrected chi connectivity index (χ3v) is 2.66. The second-order valence-electron chi connectivity index (χ2n) is 4.73. The third-order valence-electron chi connectivity index (χ3n) is 1.76. The summed E-state index contributed by atoms with van der Waals surface area (Å²) < 4.78 is 5.60. The Morgan fingerprint density at radius 1 is 1.36 bits per heavy atom. The lowest BCUT2D eigenvalue weighted by molar-refractivity contribution is -0.000906. The van der Waals surface area contributed by atoms with E-state index >= 15 is 0 Å². The third kappa shape index (κ3) is 10.4. The molecule has 0 fully saturated rings. The van der Waals surface area contributed by atoms with Crippen molar-refractivity contribution in [2.24, 2.45) is 5.92 Å². The van der Waals surface area contributed by atoms with Crippen molar-refractivity contribution in [1.29, 1.82) is 0 Å². The molecule has 0 aliphatic carbocycles. The van der Waals surface area contributed by atoms with E-state index in [2.05, 4.69) is 39.3 Å². The zero-order valence-corrected chi connectivity index (χ0v) is 11.0. The summed E-state index contributed by atoms with van der Waals surface area (Å²) in [5, 5.41) is 3.40. The highest BCUT2D eigenvalue weighted by Gasteiger charge is 2.08. The maximum absolute atomic E-state index is 5.60. The molecule has 1 atom stereocenters. The van der Waals surface area contributed by atoms with E-state index in [4.69, 9.17) is 4.74 Å². The standard InChI is InChI=1S/C11H25NOS/c1-10(9-14-5)8-12-6-7-13-11(2,3)4/h10,12H,6-9H2,1-5H3. The Balaban J connectivity index is 3.21. The Kier molecular flexibility index (Phi) is 7.69. The van der Waals surface area contributed by atoms with Gasteiger partial charge in [0.05, 0.1) is 12.2 Å². The summed E-state index contributed by atoms with van der Waals surface area (Å²) in [5.41, 5.74) is -0.00737. The van der Waals surface area contributed by atoms with Crippen LogP contribution in [0.15, 0.2) is 0 Å². The molecule has 0 aromatic carbocycles. The van der Waals surface area contributed by atoms with Gasteiger partial charge in [-0.3, -0.25) is 0 Å². The molecule has 0 aliphatic heterocycles. The smallest absolute Gasteiger partial charge is 0.0599 e. The lowest BCUT2D eigenvalue weighted by Crippen LogP contribution is -2.29. The Hall–Kier alpha value is 0.270. The second-order valence-corrected chi connectivity index (χ2v) is 5.64. The van der Waals surface area contributed by atoms with E-state index in [9.17, 15) is 0 Å². The van der Waals surface area contributed by atoms with Gasteiger partial charge in [0.1, 0.15) is 0 Å². The molecule has 0 saturated carbocycles. The van der Waals surface area contributed by atoms with Crippen LogP contribution in [0.5, 0.6) is 0 Å². The number of hydrogen-bond donors (Lipinski definition) is 1. The highest BCUT2D eigenvalue weighted by molar-refractivity contribution is 7.98. The minimum absolute atomic E-state index is 0.00737. The Bertz CT molecular complexity index is 134. The predicted octanol–water partition coefficient (Wildman–Crippen LogP) is 2.39. The van der Waals surface area contributed by atoms with E-state index in [1.165, 1.54) is 5.75 Å². The first-order chi connectivity index (χ1) is 6.45. The topological polar surface area (TPSA) is 21.3 Å². The summed E-state index contributed by atoms with van der Waals surface area (Å²) in [6.45, 7) is 11.4. The molecule has 0 amide bonds. The van der Waals surface area contributed by atoms with E-state index in [1.54, 1.807) is 0 Å². The average Bonchev–Trinajstić information content (AvgIpc) is 2.02. The largest absolute Gasteiger partial charge is 0.375 e. The van der Waals surface area contributed by atoms with Gasteiger partial charge in [0.2, 0.25) is 0 Å². The zero-order chi connectivity index (χ0) is 11.0. The van der Waals surface area contributed by atoms with Gasteiger partial charge in [-0.15, -0.1) is 0 Å². The lowest BCUT2D eigenvalue weighted by atomic mass is 10.2. The molecule has 0 bridgehead atoms. The van der Waals surface area contributed by atoms with Crippen molar-refractivity contribution in [2.75, 3.05) is 31.7 Å². The van der Waals surface area contributed by atoms with Crippen LogP contribution in [0.1, 0.15) is 27.7 Å². The molecule has 0 spiro atoms. The highest BCUT2D eigenvalue weighted by Crippen LogP contribution is 2.05. The minimum atomic E-state index is -0.00737. The molecular weight excluding hydrogens is 194 g/mol. The fraction of sp³-hybridized carbons (Fsp3) is 1.00. The number of nitrogens with one attached hydrogen (secondary N) is 1. The van der Waals surface area contributed by atoms with Gasteiger partial charge in [0, 0.05) is 6.54 Å². The van der Waals surface area contributed by atoms with E-state index in [-0.39, 0.29) is 5.60 Å². The second kappa shape index (κ2) is 7.55. The maximum atomic E-state index is 5.60. The molecule has 0 radical (unpaired) electrons. The first kappa shape index (κ1) is 14.3. The van der Waals surface area contributed by atoms with Crippen LogP contribution < -0.4 is 5.32 Å². The fourth-order valence-electron chi connectivity index (χ4n) is 1.12. The van der Waals surface area contributed by atoms with Crippen LogP contribution in [0.2, 0.25) is 0 Å². The molecule has 0 aromatic heterocycles. The van der Waals surface area contributed by atoms with E-state index < -0.39 is 0 Å². The van der Waals surface area contributed by atoms with Crippen LogP contribution in [0.25, 0.3) is 0 Å². The summed E-state index contributed by atoms with van der Waals surface area (Å²) in [4.78, 5) is 0. The highest BCUT2D eigenvalue weighted by atomic mass is 32.2. The normalized spacial score (nSPS) is 14.4. The zero-order valence-electron chi connectivity index (χ0n) is 10.2. The monoisotopic (exact) mass is 219 g/mol. The Morgan fingerprint density at radius 3 is 2.50 bits per heavy atom. The number of hydrogen-bond acceptors (Lipinski definition) is 3. The van der Waals surface area contributed by atoms with Gasteiger partial charge < -0.3 is 10.1 Å². The molecule has 14 heavy (non-hydrogen) atoms. The Labute approximate surface area is 93.2 Å². The van der Waals surface area contributed by atoms with Crippen LogP contribution in [-0.2, 0) is 4.74 Å². The van der Waals surface area contributed by atoms with Gasteiger partial charge in [0.15, 0.2) is 0 Å².